The van der Waals surface area contributed by atoms with Gasteiger partial charge in [0.1, 0.15) is 0 Å². The first-order valence-corrected chi connectivity index (χ1v) is 2.63. The lowest BCUT2D eigenvalue weighted by Crippen LogP contribution is -2.16. The van der Waals surface area contributed by atoms with E-state index in [2.05, 4.69) is 12.2 Å². The molecule has 0 amide bonds. The molecule has 0 saturated carbocycles. The van der Waals surface area contributed by atoms with Gasteiger partial charge < -0.3 is 5.32 Å². The average molecular weight is 112 g/mol. The van der Waals surface area contributed by atoms with Gasteiger partial charge in [0, 0.05) is 23.4 Å². The van der Waals surface area contributed by atoms with Gasteiger partial charge in [0.2, 0.25) is 0 Å². The molecule has 1 nitrogen and oxygen atoms in total. The Bertz CT molecular complexity index is 41.3. The van der Waals surface area contributed by atoms with Gasteiger partial charge in [-0.3, -0.25) is 0 Å². The van der Waals surface area contributed by atoms with E-state index in [9.17, 15) is 0 Å². The second-order valence-corrected chi connectivity index (χ2v) is 2.00. The molecule has 1 fully saturated rings. The maximum absolute atomic E-state index is 3.32. The van der Waals surface area contributed by atoms with Crippen LogP contribution in [0.25, 0.3) is 0 Å². The highest BCUT2D eigenvalue weighted by molar-refractivity contribution is 5.75. The normalized spacial score (nSPS) is 29.6. The Morgan fingerprint density at radius 2 is 2.29 bits per heavy atom. The zero-order valence-corrected chi connectivity index (χ0v) is 5.93. The van der Waals surface area contributed by atoms with E-state index in [4.69, 9.17) is 0 Å². The van der Waals surface area contributed by atoms with Crippen LogP contribution in [0.3, 0.4) is 0 Å². The minimum absolute atomic E-state index is 0. The van der Waals surface area contributed by atoms with Crippen molar-refractivity contribution in [1.29, 1.82) is 0 Å². The van der Waals surface area contributed by atoms with Crippen LogP contribution in [0.5, 0.6) is 0 Å². The summed E-state index contributed by atoms with van der Waals surface area (Å²) in [6.45, 7) is 3.47. The molecule has 7 heavy (non-hydrogen) atoms. The van der Waals surface area contributed by atoms with Crippen LogP contribution in [0.15, 0.2) is 0 Å². The van der Waals surface area contributed by atoms with Crippen LogP contribution in [0.1, 0.15) is 19.8 Å². The van der Waals surface area contributed by atoms with Crippen molar-refractivity contribution in [2.45, 2.75) is 25.8 Å². The van der Waals surface area contributed by atoms with Gasteiger partial charge in [0.05, 0.1) is 0 Å². The standard InChI is InChI=1S/C5H11N.Al/c1-5-3-2-4-6-5;/h5-6H,2-4H2,1H3;. The van der Waals surface area contributed by atoms with E-state index in [0.29, 0.717) is 0 Å². The van der Waals surface area contributed by atoms with Gasteiger partial charge in [-0.1, -0.05) is 0 Å². The fraction of sp³-hybridized carbons (Fsp3) is 1.00. The molecule has 0 aromatic carbocycles. The van der Waals surface area contributed by atoms with E-state index in [1.54, 1.807) is 0 Å². The van der Waals surface area contributed by atoms with Crippen molar-refractivity contribution in [1.82, 2.24) is 5.32 Å². The van der Waals surface area contributed by atoms with Gasteiger partial charge in [0.15, 0.2) is 0 Å². The molecule has 39 valence electrons. The minimum atomic E-state index is 0. The first kappa shape index (κ1) is 7.49. The van der Waals surface area contributed by atoms with Gasteiger partial charge in [-0.2, -0.15) is 0 Å². The van der Waals surface area contributed by atoms with E-state index in [1.165, 1.54) is 19.4 Å². The molecule has 3 radical (unpaired) electrons. The molecule has 0 aromatic rings. The number of hydrogen-bond acceptors (Lipinski definition) is 1. The summed E-state index contributed by atoms with van der Waals surface area (Å²) < 4.78 is 0. The molecule has 0 aromatic heterocycles. The smallest absolute Gasteiger partial charge is 0.00391 e. The molecule has 1 atom stereocenters. The van der Waals surface area contributed by atoms with E-state index < -0.39 is 0 Å². The monoisotopic (exact) mass is 112 g/mol. The Labute approximate surface area is 55.6 Å². The molecule has 1 unspecified atom stereocenters. The SMILES string of the molecule is CC1CCCN1.[Al]. The van der Waals surface area contributed by atoms with Gasteiger partial charge >= 0.3 is 0 Å². The molecule has 1 aliphatic heterocycles. The zero-order valence-electron chi connectivity index (χ0n) is 4.78. The molecule has 1 N–H and O–H groups in total. The van der Waals surface area contributed by atoms with Crippen molar-refractivity contribution < 1.29 is 0 Å². The fourth-order valence-corrected chi connectivity index (χ4v) is 0.859. The van der Waals surface area contributed by atoms with Crippen LogP contribution in [0.2, 0.25) is 0 Å². The predicted octanol–water partition coefficient (Wildman–Crippen LogP) is 0.378. The Balaban J connectivity index is 0.000000360. The van der Waals surface area contributed by atoms with Crippen LogP contribution in [0.4, 0.5) is 0 Å². The van der Waals surface area contributed by atoms with E-state index in [1.807, 2.05) is 0 Å². The summed E-state index contributed by atoms with van der Waals surface area (Å²) in [5, 5.41) is 3.32. The number of nitrogens with one attached hydrogen (secondary N) is 1. The molecular formula is C5H11AlN. The zero-order chi connectivity index (χ0) is 4.41. The fourth-order valence-electron chi connectivity index (χ4n) is 0.859. The summed E-state index contributed by atoms with van der Waals surface area (Å²) in [5.41, 5.74) is 0. The Morgan fingerprint density at radius 3 is 2.43 bits per heavy atom. The molecule has 0 aliphatic carbocycles. The average Bonchev–Trinajstić information content (AvgIpc) is 1.86. The van der Waals surface area contributed by atoms with Crippen LogP contribution >= 0.6 is 0 Å². The highest BCUT2D eigenvalue weighted by Crippen LogP contribution is 2.01. The van der Waals surface area contributed by atoms with Crippen LogP contribution < -0.4 is 5.32 Å². The van der Waals surface area contributed by atoms with Gasteiger partial charge in [-0.15, -0.1) is 0 Å². The van der Waals surface area contributed by atoms with E-state index >= 15 is 0 Å². The number of hydrogen-bond donors (Lipinski definition) is 1. The van der Waals surface area contributed by atoms with Crippen molar-refractivity contribution in [2.24, 2.45) is 0 Å². The molecule has 1 aliphatic rings. The van der Waals surface area contributed by atoms with Crippen LogP contribution in [-0.4, -0.2) is 29.9 Å². The summed E-state index contributed by atoms with van der Waals surface area (Å²) >= 11 is 0. The molecule has 0 bridgehead atoms. The van der Waals surface area contributed by atoms with Gasteiger partial charge in [-0.25, -0.2) is 0 Å². The van der Waals surface area contributed by atoms with E-state index in [-0.39, 0.29) is 17.4 Å². The third kappa shape index (κ3) is 2.33. The van der Waals surface area contributed by atoms with Gasteiger partial charge in [-0.05, 0) is 26.3 Å². The Hall–Kier alpha value is 0.492. The summed E-state index contributed by atoms with van der Waals surface area (Å²) in [5.74, 6) is 0. The molecule has 1 rings (SSSR count). The highest BCUT2D eigenvalue weighted by atomic mass is 27.0. The molecule has 0 spiro atoms. The molecule has 2 heteroatoms. The maximum Gasteiger partial charge on any atom is 0.00391 e. The van der Waals surface area contributed by atoms with E-state index in [0.717, 1.165) is 6.04 Å². The predicted molar refractivity (Wildman–Crippen MR) is 32.5 cm³/mol. The van der Waals surface area contributed by atoms with Crippen LogP contribution in [-0.2, 0) is 0 Å². The summed E-state index contributed by atoms with van der Waals surface area (Å²) in [6, 6.07) is 0.796. The van der Waals surface area contributed by atoms with Crippen molar-refractivity contribution >= 4 is 17.4 Å². The highest BCUT2D eigenvalue weighted by Gasteiger charge is 2.05. The second kappa shape index (κ2) is 3.49. The van der Waals surface area contributed by atoms with Crippen molar-refractivity contribution in [3.8, 4) is 0 Å². The van der Waals surface area contributed by atoms with Gasteiger partial charge in [0.25, 0.3) is 0 Å². The molecular weight excluding hydrogens is 101 g/mol. The lowest BCUT2D eigenvalue weighted by Gasteiger charge is -1.95. The summed E-state index contributed by atoms with van der Waals surface area (Å²) in [6.07, 6.45) is 2.75. The molecule has 1 saturated heterocycles. The lowest BCUT2D eigenvalue weighted by molar-refractivity contribution is 0.664. The topological polar surface area (TPSA) is 12.0 Å². The largest absolute Gasteiger partial charge is 0.314 e. The summed E-state index contributed by atoms with van der Waals surface area (Å²) in [4.78, 5) is 0. The van der Waals surface area contributed by atoms with Crippen molar-refractivity contribution in [3.05, 3.63) is 0 Å². The third-order valence-electron chi connectivity index (χ3n) is 1.31. The van der Waals surface area contributed by atoms with Crippen molar-refractivity contribution in [2.75, 3.05) is 6.54 Å². The first-order chi connectivity index (χ1) is 2.89. The number of rotatable bonds is 0. The maximum atomic E-state index is 3.32. The van der Waals surface area contributed by atoms with Crippen molar-refractivity contribution in [3.63, 3.8) is 0 Å². The quantitative estimate of drug-likeness (QED) is 0.447. The second-order valence-electron chi connectivity index (χ2n) is 2.00. The van der Waals surface area contributed by atoms with Crippen LogP contribution in [0, 0.1) is 0 Å². The Morgan fingerprint density at radius 1 is 1.57 bits per heavy atom. The first-order valence-electron chi connectivity index (χ1n) is 2.63. The minimum Gasteiger partial charge on any atom is -0.314 e. The Kier molecular flexibility index (Phi) is 3.73. The molecule has 1 heterocycles. The summed E-state index contributed by atoms with van der Waals surface area (Å²) in [7, 11) is 0. The lowest BCUT2D eigenvalue weighted by atomic mass is 10.3. The third-order valence-corrected chi connectivity index (χ3v) is 1.31.